The Morgan fingerprint density at radius 2 is 1.89 bits per heavy atom. The van der Waals surface area contributed by atoms with Crippen LogP contribution < -0.4 is 15.1 Å². The number of carbonyl (C=O) groups is 1. The number of anilines is 2. The molecule has 0 radical (unpaired) electrons. The average molecular weight is 413 g/mol. The lowest BCUT2D eigenvalue weighted by Gasteiger charge is -2.34. The Kier molecular flexibility index (Phi) is 6.15. The van der Waals surface area contributed by atoms with Crippen molar-refractivity contribution in [1.29, 1.82) is 0 Å². The standard InChI is InChI=1S/C20H21ClF3N3O/c1-2-26-8-10-27(11-9-26)18-7-6-16(21)13-17(18)25-19(28)14-4-3-5-15(12-14)20(22,23)24/h3-7,12-13H,2,8-11H2,1H3,(H,25,28)/p+1. The zero-order valence-corrected chi connectivity index (χ0v) is 16.2. The van der Waals surface area contributed by atoms with E-state index in [4.69, 9.17) is 11.6 Å². The lowest BCUT2D eigenvalue weighted by atomic mass is 10.1. The van der Waals surface area contributed by atoms with E-state index in [1.807, 2.05) is 6.07 Å². The molecule has 2 N–H and O–H groups in total. The van der Waals surface area contributed by atoms with Gasteiger partial charge in [0.25, 0.3) is 5.91 Å². The van der Waals surface area contributed by atoms with Gasteiger partial charge in [-0.2, -0.15) is 13.2 Å². The fourth-order valence-electron chi connectivity index (χ4n) is 3.33. The number of likely N-dealkylation sites (N-methyl/N-ethyl adjacent to an activating group) is 1. The minimum absolute atomic E-state index is 0.0546. The molecule has 0 unspecified atom stereocenters. The zero-order chi connectivity index (χ0) is 20.3. The molecule has 1 aliphatic rings. The highest BCUT2D eigenvalue weighted by atomic mass is 35.5. The lowest BCUT2D eigenvalue weighted by molar-refractivity contribution is -0.898. The summed E-state index contributed by atoms with van der Waals surface area (Å²) in [5.74, 6) is -0.604. The van der Waals surface area contributed by atoms with Crippen LogP contribution in [0.15, 0.2) is 42.5 Å². The molecule has 0 spiro atoms. The molecule has 150 valence electrons. The Balaban J connectivity index is 1.82. The third-order valence-corrected chi connectivity index (χ3v) is 5.21. The molecule has 3 rings (SSSR count). The van der Waals surface area contributed by atoms with E-state index >= 15 is 0 Å². The van der Waals surface area contributed by atoms with Gasteiger partial charge >= 0.3 is 6.18 Å². The first-order valence-corrected chi connectivity index (χ1v) is 9.52. The van der Waals surface area contributed by atoms with E-state index in [0.29, 0.717) is 10.7 Å². The van der Waals surface area contributed by atoms with Gasteiger partial charge in [-0.1, -0.05) is 17.7 Å². The molecule has 4 nitrogen and oxygen atoms in total. The third-order valence-electron chi connectivity index (χ3n) is 4.97. The van der Waals surface area contributed by atoms with Crippen LogP contribution in [0.25, 0.3) is 0 Å². The molecule has 1 heterocycles. The van der Waals surface area contributed by atoms with Crippen molar-refractivity contribution in [3.05, 3.63) is 58.6 Å². The van der Waals surface area contributed by atoms with Gasteiger partial charge in [0.05, 0.1) is 49.7 Å². The number of nitrogens with zero attached hydrogens (tertiary/aromatic N) is 1. The van der Waals surface area contributed by atoms with Crippen LogP contribution in [0.2, 0.25) is 5.02 Å². The molecule has 0 aromatic heterocycles. The summed E-state index contributed by atoms with van der Waals surface area (Å²) in [4.78, 5) is 16.3. The van der Waals surface area contributed by atoms with Crippen molar-refractivity contribution in [2.24, 2.45) is 0 Å². The van der Waals surface area contributed by atoms with Crippen LogP contribution >= 0.6 is 11.6 Å². The van der Waals surface area contributed by atoms with Crippen molar-refractivity contribution in [1.82, 2.24) is 0 Å². The molecule has 8 heteroatoms. The molecule has 0 saturated carbocycles. The second-order valence-electron chi connectivity index (χ2n) is 6.78. The maximum absolute atomic E-state index is 12.9. The fourth-order valence-corrected chi connectivity index (χ4v) is 3.50. The number of piperazine rings is 1. The second-order valence-corrected chi connectivity index (χ2v) is 7.22. The highest BCUT2D eigenvalue weighted by molar-refractivity contribution is 6.31. The van der Waals surface area contributed by atoms with Crippen molar-refractivity contribution in [2.75, 3.05) is 42.9 Å². The summed E-state index contributed by atoms with van der Waals surface area (Å²) in [6.45, 7) is 6.84. The van der Waals surface area contributed by atoms with Gasteiger partial charge in [0.2, 0.25) is 0 Å². The van der Waals surface area contributed by atoms with Gasteiger partial charge < -0.3 is 15.1 Å². The van der Waals surface area contributed by atoms with E-state index in [1.165, 1.54) is 17.0 Å². The topological polar surface area (TPSA) is 36.8 Å². The molecule has 1 aliphatic heterocycles. The van der Waals surface area contributed by atoms with Crippen LogP contribution in [0.1, 0.15) is 22.8 Å². The normalized spacial score (nSPS) is 15.5. The number of benzene rings is 2. The minimum Gasteiger partial charge on any atom is -0.359 e. The largest absolute Gasteiger partial charge is 0.416 e. The third kappa shape index (κ3) is 4.77. The molecule has 1 amide bonds. The van der Waals surface area contributed by atoms with Crippen LogP contribution in [-0.4, -0.2) is 38.6 Å². The maximum Gasteiger partial charge on any atom is 0.416 e. The summed E-state index contributed by atoms with van der Waals surface area (Å²) in [6.07, 6.45) is -4.50. The van der Waals surface area contributed by atoms with Crippen LogP contribution in [-0.2, 0) is 6.18 Å². The molecule has 0 aliphatic carbocycles. The number of amides is 1. The monoisotopic (exact) mass is 412 g/mol. The highest BCUT2D eigenvalue weighted by Gasteiger charge is 2.31. The first-order valence-electron chi connectivity index (χ1n) is 9.14. The van der Waals surface area contributed by atoms with Crippen molar-refractivity contribution in [3.8, 4) is 0 Å². The molecule has 0 bridgehead atoms. The smallest absolute Gasteiger partial charge is 0.359 e. The van der Waals surface area contributed by atoms with E-state index in [1.54, 1.807) is 12.1 Å². The van der Waals surface area contributed by atoms with Crippen molar-refractivity contribution >= 4 is 28.9 Å². The number of quaternary nitrogens is 1. The van der Waals surface area contributed by atoms with E-state index in [-0.39, 0.29) is 5.56 Å². The zero-order valence-electron chi connectivity index (χ0n) is 15.4. The lowest BCUT2D eigenvalue weighted by Crippen LogP contribution is -3.14. The Morgan fingerprint density at radius 3 is 2.54 bits per heavy atom. The molecular weight excluding hydrogens is 391 g/mol. The molecule has 28 heavy (non-hydrogen) atoms. The molecule has 2 aromatic rings. The number of carbonyl (C=O) groups excluding carboxylic acids is 1. The predicted molar refractivity (Wildman–Crippen MR) is 104 cm³/mol. The number of nitrogens with one attached hydrogen (secondary N) is 2. The fraction of sp³-hybridized carbons (Fsp3) is 0.350. The number of hydrogen-bond acceptors (Lipinski definition) is 2. The Hall–Kier alpha value is -2.25. The van der Waals surface area contributed by atoms with E-state index < -0.39 is 17.6 Å². The van der Waals surface area contributed by atoms with Gasteiger partial charge in [0, 0.05) is 10.6 Å². The SMILES string of the molecule is CC[NH+]1CCN(c2ccc(Cl)cc2NC(=O)c2cccc(C(F)(F)F)c2)CC1. The number of rotatable bonds is 4. The van der Waals surface area contributed by atoms with Crippen LogP contribution in [0.3, 0.4) is 0 Å². The molecule has 1 fully saturated rings. The van der Waals surface area contributed by atoms with Gasteiger partial charge in [-0.05, 0) is 43.3 Å². The summed E-state index contributed by atoms with van der Waals surface area (Å²) >= 11 is 6.09. The maximum atomic E-state index is 12.9. The molecular formula is C20H22ClF3N3O+. The van der Waals surface area contributed by atoms with Crippen LogP contribution in [0.4, 0.5) is 24.5 Å². The molecule has 1 saturated heterocycles. The Labute approximate surface area is 166 Å². The Morgan fingerprint density at radius 1 is 1.18 bits per heavy atom. The predicted octanol–water partition coefficient (Wildman–Crippen LogP) is 3.34. The van der Waals surface area contributed by atoms with E-state index in [9.17, 15) is 18.0 Å². The number of alkyl halides is 3. The summed E-state index contributed by atoms with van der Waals surface area (Å²) in [7, 11) is 0. The highest BCUT2D eigenvalue weighted by Crippen LogP contribution is 2.31. The Bertz CT molecular complexity index is 849. The number of hydrogen-bond donors (Lipinski definition) is 2. The van der Waals surface area contributed by atoms with Gasteiger partial charge in [-0.3, -0.25) is 4.79 Å². The first kappa shape index (κ1) is 20.5. The van der Waals surface area contributed by atoms with Crippen LogP contribution in [0, 0.1) is 0 Å². The summed E-state index contributed by atoms with van der Waals surface area (Å²) in [6, 6.07) is 9.58. The van der Waals surface area contributed by atoms with Crippen molar-refractivity contribution < 1.29 is 22.9 Å². The average Bonchev–Trinajstić information content (AvgIpc) is 2.68. The first-order chi connectivity index (χ1) is 13.3. The van der Waals surface area contributed by atoms with Gasteiger partial charge in [0.1, 0.15) is 0 Å². The van der Waals surface area contributed by atoms with Crippen LogP contribution in [0.5, 0.6) is 0 Å². The van der Waals surface area contributed by atoms with Gasteiger partial charge in [-0.25, -0.2) is 0 Å². The second kappa shape index (κ2) is 8.41. The molecule has 0 atom stereocenters. The molecule has 2 aromatic carbocycles. The quantitative estimate of drug-likeness (QED) is 0.808. The van der Waals surface area contributed by atoms with Crippen molar-refractivity contribution in [3.63, 3.8) is 0 Å². The van der Waals surface area contributed by atoms with Gasteiger partial charge in [0.15, 0.2) is 0 Å². The van der Waals surface area contributed by atoms with Crippen molar-refractivity contribution in [2.45, 2.75) is 13.1 Å². The van der Waals surface area contributed by atoms with E-state index in [0.717, 1.165) is 50.5 Å². The van der Waals surface area contributed by atoms with Gasteiger partial charge in [-0.15, -0.1) is 0 Å². The summed E-state index contributed by atoms with van der Waals surface area (Å²) in [5.41, 5.74) is 0.404. The summed E-state index contributed by atoms with van der Waals surface area (Å²) in [5, 5.41) is 3.17. The van der Waals surface area contributed by atoms with E-state index in [2.05, 4.69) is 17.1 Å². The number of halogens is 4. The minimum atomic E-state index is -4.50. The summed E-state index contributed by atoms with van der Waals surface area (Å²) < 4.78 is 38.8.